The second kappa shape index (κ2) is 7.94. The number of rotatable bonds is 6. The van der Waals surface area contributed by atoms with Gasteiger partial charge in [-0.1, -0.05) is 26.0 Å². The Balaban J connectivity index is 2.34. The maximum absolute atomic E-state index is 11.7. The van der Waals surface area contributed by atoms with Crippen LogP contribution < -0.4 is 5.32 Å². The third-order valence-corrected chi connectivity index (χ3v) is 3.16. The van der Waals surface area contributed by atoms with E-state index in [1.54, 1.807) is 24.3 Å². The minimum absolute atomic E-state index is 0.252. The molecule has 5 heteroatoms. The van der Waals surface area contributed by atoms with Gasteiger partial charge in [0, 0.05) is 11.0 Å². The molecule has 0 unspecified atom stereocenters. The van der Waals surface area contributed by atoms with Crippen molar-refractivity contribution in [2.24, 2.45) is 5.92 Å². The van der Waals surface area contributed by atoms with Crippen molar-refractivity contribution in [1.82, 2.24) is 5.32 Å². The highest BCUT2D eigenvalue weighted by Gasteiger charge is 2.12. The van der Waals surface area contributed by atoms with Gasteiger partial charge in [-0.15, -0.1) is 0 Å². The fraction of sp³-hybridized carbons (Fsp3) is 0.429. The highest BCUT2D eigenvalue weighted by atomic mass is 79.9. The molecule has 0 atom stereocenters. The summed E-state index contributed by atoms with van der Waals surface area (Å²) in [6.45, 7) is 4.51. The smallest absolute Gasteiger partial charge is 0.339 e. The van der Waals surface area contributed by atoms with E-state index in [0.717, 1.165) is 6.42 Å². The van der Waals surface area contributed by atoms with Gasteiger partial charge in [0.15, 0.2) is 6.61 Å². The molecule has 0 aliphatic heterocycles. The zero-order valence-corrected chi connectivity index (χ0v) is 12.7. The molecule has 1 rings (SSSR count). The summed E-state index contributed by atoms with van der Waals surface area (Å²) in [6, 6.07) is 6.94. The van der Waals surface area contributed by atoms with Gasteiger partial charge in [-0.25, -0.2) is 4.79 Å². The van der Waals surface area contributed by atoms with Gasteiger partial charge in [-0.05, 0) is 40.4 Å². The molecule has 0 saturated carbocycles. The largest absolute Gasteiger partial charge is 0.452 e. The topological polar surface area (TPSA) is 55.4 Å². The quantitative estimate of drug-likeness (QED) is 0.817. The van der Waals surface area contributed by atoms with Crippen LogP contribution in [0, 0.1) is 5.92 Å². The van der Waals surface area contributed by atoms with E-state index in [-0.39, 0.29) is 12.5 Å². The van der Waals surface area contributed by atoms with E-state index >= 15 is 0 Å². The van der Waals surface area contributed by atoms with Gasteiger partial charge in [-0.2, -0.15) is 0 Å². The minimum atomic E-state index is -0.508. The van der Waals surface area contributed by atoms with E-state index in [2.05, 4.69) is 35.1 Å². The first-order chi connectivity index (χ1) is 9.00. The lowest BCUT2D eigenvalue weighted by molar-refractivity contribution is -0.124. The van der Waals surface area contributed by atoms with Crippen molar-refractivity contribution in [1.29, 1.82) is 0 Å². The highest BCUT2D eigenvalue weighted by Crippen LogP contribution is 2.16. The number of nitrogens with one attached hydrogen (secondary N) is 1. The van der Waals surface area contributed by atoms with Crippen LogP contribution in [0.5, 0.6) is 0 Å². The van der Waals surface area contributed by atoms with E-state index in [1.165, 1.54) is 0 Å². The second-order valence-electron chi connectivity index (χ2n) is 4.59. The number of halogens is 1. The lowest BCUT2D eigenvalue weighted by atomic mass is 10.1. The Morgan fingerprint density at radius 3 is 2.63 bits per heavy atom. The van der Waals surface area contributed by atoms with E-state index in [1.807, 2.05) is 0 Å². The van der Waals surface area contributed by atoms with Crippen molar-refractivity contribution >= 4 is 27.8 Å². The minimum Gasteiger partial charge on any atom is -0.452 e. The van der Waals surface area contributed by atoms with Crippen LogP contribution >= 0.6 is 15.9 Å². The summed E-state index contributed by atoms with van der Waals surface area (Å²) in [6.07, 6.45) is 0.907. The van der Waals surface area contributed by atoms with Crippen molar-refractivity contribution in [2.45, 2.75) is 20.3 Å². The molecule has 0 radical (unpaired) electrons. The summed E-state index contributed by atoms with van der Waals surface area (Å²) >= 11 is 3.26. The predicted octanol–water partition coefficient (Wildman–Crippen LogP) is 2.77. The molecule has 0 bridgehead atoms. The maximum Gasteiger partial charge on any atom is 0.339 e. The second-order valence-corrected chi connectivity index (χ2v) is 5.44. The summed E-state index contributed by atoms with van der Waals surface area (Å²) in [5.74, 6) is -0.254. The number of carbonyl (C=O) groups excluding carboxylic acids is 2. The summed E-state index contributed by atoms with van der Waals surface area (Å²) in [4.78, 5) is 23.2. The van der Waals surface area contributed by atoms with E-state index in [0.29, 0.717) is 22.5 Å². The fourth-order valence-electron chi connectivity index (χ4n) is 1.39. The van der Waals surface area contributed by atoms with Crippen LogP contribution in [-0.4, -0.2) is 25.0 Å². The number of ether oxygens (including phenoxy) is 1. The highest BCUT2D eigenvalue weighted by molar-refractivity contribution is 9.10. The van der Waals surface area contributed by atoms with E-state index in [4.69, 9.17) is 4.74 Å². The van der Waals surface area contributed by atoms with Gasteiger partial charge in [0.25, 0.3) is 5.91 Å². The van der Waals surface area contributed by atoms with Gasteiger partial charge in [0.1, 0.15) is 0 Å². The monoisotopic (exact) mass is 327 g/mol. The Labute approximate surface area is 121 Å². The van der Waals surface area contributed by atoms with E-state index in [9.17, 15) is 9.59 Å². The van der Waals surface area contributed by atoms with Crippen molar-refractivity contribution in [2.75, 3.05) is 13.2 Å². The molecular formula is C14H18BrNO3. The molecule has 104 valence electrons. The zero-order valence-electron chi connectivity index (χ0n) is 11.1. The number of carbonyl (C=O) groups is 2. The Hall–Kier alpha value is -1.36. The van der Waals surface area contributed by atoms with Crippen molar-refractivity contribution in [3.63, 3.8) is 0 Å². The van der Waals surface area contributed by atoms with Gasteiger partial charge in [-0.3, -0.25) is 4.79 Å². The number of amides is 1. The molecule has 4 nitrogen and oxygen atoms in total. The van der Waals surface area contributed by atoms with E-state index < -0.39 is 5.97 Å². The van der Waals surface area contributed by atoms with Crippen molar-refractivity contribution < 1.29 is 14.3 Å². The van der Waals surface area contributed by atoms with Gasteiger partial charge >= 0.3 is 5.97 Å². The number of hydrogen-bond acceptors (Lipinski definition) is 3. The normalized spacial score (nSPS) is 10.3. The number of hydrogen-bond donors (Lipinski definition) is 1. The first kappa shape index (κ1) is 15.7. The number of benzene rings is 1. The molecule has 1 amide bonds. The molecule has 0 saturated heterocycles. The summed E-state index contributed by atoms with van der Waals surface area (Å²) in [5.41, 5.74) is 0.414. The molecule has 0 aromatic heterocycles. The van der Waals surface area contributed by atoms with Gasteiger partial charge in [0.2, 0.25) is 0 Å². The average Bonchev–Trinajstić information content (AvgIpc) is 2.36. The molecule has 0 fully saturated rings. The van der Waals surface area contributed by atoms with Crippen LogP contribution in [0.2, 0.25) is 0 Å². The summed E-state index contributed by atoms with van der Waals surface area (Å²) < 4.78 is 5.60. The van der Waals surface area contributed by atoms with Gasteiger partial charge in [0.05, 0.1) is 5.56 Å². The Morgan fingerprint density at radius 2 is 2.00 bits per heavy atom. The molecule has 1 N–H and O–H groups in total. The average molecular weight is 328 g/mol. The Bertz CT molecular complexity index is 446. The Morgan fingerprint density at radius 1 is 1.32 bits per heavy atom. The molecule has 0 heterocycles. The molecule has 19 heavy (non-hydrogen) atoms. The third-order valence-electron chi connectivity index (χ3n) is 2.47. The van der Waals surface area contributed by atoms with Crippen LogP contribution in [0.15, 0.2) is 28.7 Å². The van der Waals surface area contributed by atoms with Crippen LogP contribution in [0.4, 0.5) is 0 Å². The SMILES string of the molecule is CC(C)CCNC(=O)COC(=O)c1ccccc1Br. The third kappa shape index (κ3) is 5.87. The van der Waals surface area contributed by atoms with Crippen LogP contribution in [0.3, 0.4) is 0 Å². The van der Waals surface area contributed by atoms with Gasteiger partial charge < -0.3 is 10.1 Å². The predicted molar refractivity (Wildman–Crippen MR) is 76.9 cm³/mol. The van der Waals surface area contributed by atoms with Crippen molar-refractivity contribution in [3.8, 4) is 0 Å². The lowest BCUT2D eigenvalue weighted by Crippen LogP contribution is -2.30. The number of esters is 1. The van der Waals surface area contributed by atoms with Crippen LogP contribution in [0.25, 0.3) is 0 Å². The first-order valence-corrected chi connectivity index (χ1v) is 6.98. The van der Waals surface area contributed by atoms with Crippen molar-refractivity contribution in [3.05, 3.63) is 34.3 Å². The van der Waals surface area contributed by atoms with Crippen LogP contribution in [-0.2, 0) is 9.53 Å². The fourth-order valence-corrected chi connectivity index (χ4v) is 1.83. The molecule has 0 aliphatic carbocycles. The maximum atomic E-state index is 11.7. The molecular weight excluding hydrogens is 310 g/mol. The lowest BCUT2D eigenvalue weighted by Gasteiger charge is -2.08. The molecule has 1 aromatic carbocycles. The summed E-state index contributed by atoms with van der Waals surface area (Å²) in [7, 11) is 0. The molecule has 0 aliphatic rings. The standard InChI is InChI=1S/C14H18BrNO3/c1-10(2)7-8-16-13(17)9-19-14(18)11-5-3-4-6-12(11)15/h3-6,10H,7-9H2,1-2H3,(H,16,17). The Kier molecular flexibility index (Phi) is 6.56. The zero-order chi connectivity index (χ0) is 14.3. The molecule has 1 aromatic rings. The van der Waals surface area contributed by atoms with Crippen LogP contribution in [0.1, 0.15) is 30.6 Å². The summed E-state index contributed by atoms with van der Waals surface area (Å²) in [5, 5.41) is 2.71. The first-order valence-electron chi connectivity index (χ1n) is 6.19. The molecule has 0 spiro atoms.